The molecule has 0 aliphatic carbocycles. The molecule has 1 aromatic heterocycles. The summed E-state index contributed by atoms with van der Waals surface area (Å²) in [7, 11) is 0. The van der Waals surface area contributed by atoms with Crippen LogP contribution in [0.25, 0.3) is 10.9 Å². The van der Waals surface area contributed by atoms with Gasteiger partial charge in [-0.25, -0.2) is 0 Å². The number of ketones is 1. The Labute approximate surface area is 168 Å². The number of rotatable bonds is 10. The van der Waals surface area contributed by atoms with Crippen LogP contribution in [0.1, 0.15) is 25.3 Å². The maximum absolute atomic E-state index is 12.8. The number of nitrogens with two attached hydrogens (primary N) is 1. The number of benzene rings is 1. The van der Waals surface area contributed by atoms with Crippen molar-refractivity contribution in [3.63, 3.8) is 0 Å². The van der Waals surface area contributed by atoms with Gasteiger partial charge in [-0.3, -0.25) is 14.4 Å². The largest absolute Gasteiger partial charge is 0.368 e. The van der Waals surface area contributed by atoms with E-state index in [0.717, 1.165) is 16.5 Å². The standard InChI is InChI=1S/C19H24N4O4S/c1-11(24)6-7-15(18(20)26)23-19(27)16(22-17(25)10-28)8-12-9-21-14-5-3-2-4-13(12)14/h2-5,9,15-16,21,28H,6-8,10H2,1H3,(H2,20,26)(H,22,25)(H,23,27)/t15-,16-/m0/s1. The van der Waals surface area contributed by atoms with Gasteiger partial charge in [0.25, 0.3) is 0 Å². The minimum Gasteiger partial charge on any atom is -0.368 e. The number of amides is 3. The number of fused-ring (bicyclic) bond motifs is 1. The molecule has 2 rings (SSSR count). The Morgan fingerprint density at radius 2 is 1.86 bits per heavy atom. The van der Waals surface area contributed by atoms with Gasteiger partial charge in [-0.05, 0) is 25.0 Å². The topological polar surface area (TPSA) is 134 Å². The number of H-pyrrole nitrogens is 1. The molecule has 0 fully saturated rings. The van der Waals surface area contributed by atoms with E-state index in [2.05, 4.69) is 28.2 Å². The normalized spacial score (nSPS) is 12.9. The Hall–Kier alpha value is -2.81. The van der Waals surface area contributed by atoms with Crippen molar-refractivity contribution in [3.8, 4) is 0 Å². The fraction of sp³-hybridized carbons (Fsp3) is 0.368. The summed E-state index contributed by atoms with van der Waals surface area (Å²) in [5, 5.41) is 6.10. The molecule has 0 unspecified atom stereocenters. The van der Waals surface area contributed by atoms with Crippen molar-refractivity contribution in [1.29, 1.82) is 0 Å². The molecule has 8 nitrogen and oxygen atoms in total. The van der Waals surface area contributed by atoms with Crippen LogP contribution in [-0.2, 0) is 25.6 Å². The minimum atomic E-state index is -0.991. The van der Waals surface area contributed by atoms with Gasteiger partial charge < -0.3 is 26.1 Å². The first-order valence-corrected chi connectivity index (χ1v) is 9.49. The number of hydrogen-bond acceptors (Lipinski definition) is 5. The number of carbonyl (C=O) groups is 4. The van der Waals surface area contributed by atoms with E-state index in [0.29, 0.717) is 0 Å². The molecular formula is C19H24N4O4S. The molecule has 1 aromatic carbocycles. The van der Waals surface area contributed by atoms with Crippen LogP contribution in [0.4, 0.5) is 0 Å². The Bertz CT molecular complexity index is 880. The number of aromatic nitrogens is 1. The molecule has 0 radical (unpaired) electrons. The molecule has 3 amide bonds. The predicted octanol–water partition coefficient (Wildman–Crippen LogP) is 0.464. The van der Waals surface area contributed by atoms with Crippen molar-refractivity contribution in [3.05, 3.63) is 36.0 Å². The molecular weight excluding hydrogens is 380 g/mol. The Balaban J connectivity index is 2.18. The second-order valence-electron chi connectivity index (χ2n) is 6.55. The lowest BCUT2D eigenvalue weighted by molar-refractivity contribution is -0.131. The van der Waals surface area contributed by atoms with E-state index in [1.165, 1.54) is 6.92 Å². The number of primary amides is 1. The van der Waals surface area contributed by atoms with Gasteiger partial charge in [0.05, 0.1) is 5.75 Å². The van der Waals surface area contributed by atoms with Crippen molar-refractivity contribution in [2.45, 2.75) is 38.3 Å². The van der Waals surface area contributed by atoms with Gasteiger partial charge in [0.2, 0.25) is 17.7 Å². The highest BCUT2D eigenvalue weighted by molar-refractivity contribution is 7.81. The zero-order chi connectivity index (χ0) is 20.7. The van der Waals surface area contributed by atoms with E-state index in [1.807, 2.05) is 24.3 Å². The first kappa shape index (κ1) is 21.5. The molecule has 0 spiro atoms. The molecule has 0 saturated heterocycles. The Kier molecular flexibility index (Phi) is 7.62. The number of carbonyl (C=O) groups excluding carboxylic acids is 4. The predicted molar refractivity (Wildman–Crippen MR) is 109 cm³/mol. The molecule has 1 heterocycles. The van der Waals surface area contributed by atoms with Crippen LogP contribution in [-0.4, -0.2) is 46.3 Å². The van der Waals surface area contributed by atoms with Crippen LogP contribution >= 0.6 is 12.6 Å². The molecule has 2 aromatic rings. The van der Waals surface area contributed by atoms with Gasteiger partial charge >= 0.3 is 0 Å². The maximum Gasteiger partial charge on any atom is 0.243 e. The smallest absolute Gasteiger partial charge is 0.243 e. The van der Waals surface area contributed by atoms with Crippen molar-refractivity contribution in [2.75, 3.05) is 5.75 Å². The summed E-state index contributed by atoms with van der Waals surface area (Å²) in [5.41, 5.74) is 7.09. The number of para-hydroxylation sites is 1. The summed E-state index contributed by atoms with van der Waals surface area (Å²) in [6, 6.07) is 5.68. The Morgan fingerprint density at radius 3 is 2.50 bits per heavy atom. The van der Waals surface area contributed by atoms with Gasteiger partial charge in [-0.15, -0.1) is 0 Å². The van der Waals surface area contributed by atoms with Crippen molar-refractivity contribution in [2.24, 2.45) is 5.73 Å². The zero-order valence-corrected chi connectivity index (χ0v) is 16.4. The third-order valence-electron chi connectivity index (χ3n) is 4.34. The summed E-state index contributed by atoms with van der Waals surface area (Å²) in [6.45, 7) is 1.40. The molecule has 0 aliphatic rings. The first-order valence-electron chi connectivity index (χ1n) is 8.86. The highest BCUT2D eigenvalue weighted by Crippen LogP contribution is 2.19. The quantitative estimate of drug-likeness (QED) is 0.368. The minimum absolute atomic E-state index is 0.0821. The van der Waals surface area contributed by atoms with Crippen LogP contribution in [0.5, 0.6) is 0 Å². The molecule has 0 bridgehead atoms. The van der Waals surface area contributed by atoms with E-state index < -0.39 is 29.8 Å². The van der Waals surface area contributed by atoms with Gasteiger partial charge in [0, 0.05) is 29.9 Å². The number of thiol groups is 1. The molecule has 2 atom stereocenters. The van der Waals surface area contributed by atoms with Crippen molar-refractivity contribution < 1.29 is 19.2 Å². The van der Waals surface area contributed by atoms with Gasteiger partial charge in [0.1, 0.15) is 17.9 Å². The van der Waals surface area contributed by atoms with Crippen LogP contribution in [0, 0.1) is 0 Å². The number of nitrogens with one attached hydrogen (secondary N) is 3. The summed E-state index contributed by atoms with van der Waals surface area (Å²) in [4.78, 5) is 50.5. The monoisotopic (exact) mass is 404 g/mol. The van der Waals surface area contributed by atoms with Crippen LogP contribution in [0.2, 0.25) is 0 Å². The van der Waals surface area contributed by atoms with Gasteiger partial charge in [-0.2, -0.15) is 12.6 Å². The van der Waals surface area contributed by atoms with Crippen molar-refractivity contribution >= 4 is 47.0 Å². The lowest BCUT2D eigenvalue weighted by Gasteiger charge is -2.21. The van der Waals surface area contributed by atoms with E-state index >= 15 is 0 Å². The highest BCUT2D eigenvalue weighted by atomic mass is 32.1. The number of hydrogen-bond donors (Lipinski definition) is 5. The molecule has 9 heteroatoms. The van der Waals surface area contributed by atoms with Crippen LogP contribution < -0.4 is 16.4 Å². The summed E-state index contributed by atoms with van der Waals surface area (Å²) >= 11 is 3.93. The van der Waals surface area contributed by atoms with Crippen LogP contribution in [0.3, 0.4) is 0 Å². The summed E-state index contributed by atoms with van der Waals surface area (Å²) in [6.07, 6.45) is 2.22. The first-order chi connectivity index (χ1) is 13.3. The third-order valence-corrected chi connectivity index (χ3v) is 4.63. The van der Waals surface area contributed by atoms with Gasteiger partial charge in [0.15, 0.2) is 0 Å². The fourth-order valence-electron chi connectivity index (χ4n) is 2.88. The second kappa shape index (κ2) is 9.93. The Morgan fingerprint density at radius 1 is 1.14 bits per heavy atom. The summed E-state index contributed by atoms with van der Waals surface area (Å²) in [5.74, 6) is -1.89. The zero-order valence-electron chi connectivity index (χ0n) is 15.5. The number of aromatic amines is 1. The average molecular weight is 404 g/mol. The highest BCUT2D eigenvalue weighted by Gasteiger charge is 2.26. The van der Waals surface area contributed by atoms with E-state index in [9.17, 15) is 19.2 Å². The third kappa shape index (κ3) is 5.85. The number of Topliss-reactive ketones (excluding diaryl/α,β-unsaturated/α-hetero) is 1. The molecule has 0 aliphatic heterocycles. The molecule has 0 saturated carbocycles. The van der Waals surface area contributed by atoms with Crippen LogP contribution in [0.15, 0.2) is 30.5 Å². The van der Waals surface area contributed by atoms with Crippen molar-refractivity contribution in [1.82, 2.24) is 15.6 Å². The lowest BCUT2D eigenvalue weighted by Crippen LogP contribution is -2.54. The van der Waals surface area contributed by atoms with E-state index in [4.69, 9.17) is 5.73 Å². The molecule has 5 N–H and O–H groups in total. The molecule has 28 heavy (non-hydrogen) atoms. The van der Waals surface area contributed by atoms with E-state index in [1.54, 1.807) is 6.20 Å². The molecule has 150 valence electrons. The summed E-state index contributed by atoms with van der Waals surface area (Å²) < 4.78 is 0. The fourth-order valence-corrected chi connectivity index (χ4v) is 2.97. The van der Waals surface area contributed by atoms with Gasteiger partial charge in [-0.1, -0.05) is 18.2 Å². The SMILES string of the molecule is CC(=O)CC[C@H](NC(=O)[C@H](Cc1c[nH]c2ccccc12)NC(=O)CS)C(N)=O. The second-order valence-corrected chi connectivity index (χ2v) is 6.86. The lowest BCUT2D eigenvalue weighted by atomic mass is 10.0. The maximum atomic E-state index is 12.8. The van der Waals surface area contributed by atoms with E-state index in [-0.39, 0.29) is 30.8 Å². The average Bonchev–Trinajstić information content (AvgIpc) is 3.06.